The van der Waals surface area contributed by atoms with Gasteiger partial charge in [-0.15, -0.1) is 11.3 Å². The van der Waals surface area contributed by atoms with Crippen LogP contribution in [-0.4, -0.2) is 43.7 Å². The lowest BCUT2D eigenvalue weighted by Gasteiger charge is -2.34. The van der Waals surface area contributed by atoms with Crippen molar-refractivity contribution in [2.45, 2.75) is 6.04 Å². The van der Waals surface area contributed by atoms with Gasteiger partial charge in [0.05, 0.1) is 29.3 Å². The van der Waals surface area contributed by atoms with Crippen LogP contribution in [0.2, 0.25) is 10.0 Å². The molecule has 0 bridgehead atoms. The summed E-state index contributed by atoms with van der Waals surface area (Å²) >= 11 is 13.8. The van der Waals surface area contributed by atoms with Crippen molar-refractivity contribution in [3.05, 3.63) is 62.3 Å². The van der Waals surface area contributed by atoms with E-state index in [4.69, 9.17) is 27.9 Å². The Labute approximate surface area is 167 Å². The van der Waals surface area contributed by atoms with Crippen molar-refractivity contribution >= 4 is 46.5 Å². The van der Waals surface area contributed by atoms with Gasteiger partial charge in [0, 0.05) is 30.6 Å². The fourth-order valence-electron chi connectivity index (χ4n) is 2.85. The molecule has 1 aromatic carbocycles. The van der Waals surface area contributed by atoms with Gasteiger partial charge < -0.3 is 10.1 Å². The normalized spacial score (nSPS) is 16.7. The molecule has 2 aromatic rings. The smallest absolute Gasteiger partial charge is 0.244 e. The van der Waals surface area contributed by atoms with Crippen molar-refractivity contribution in [3.63, 3.8) is 0 Å². The van der Waals surface area contributed by atoms with Crippen LogP contribution in [0.5, 0.6) is 0 Å². The van der Waals surface area contributed by atoms with Gasteiger partial charge in [0.15, 0.2) is 0 Å². The molecule has 1 N–H and O–H groups in total. The number of carbonyl (C=O) groups excluding carboxylic acids is 1. The molecule has 1 aliphatic heterocycles. The van der Waals surface area contributed by atoms with Crippen LogP contribution < -0.4 is 5.32 Å². The van der Waals surface area contributed by atoms with Crippen molar-refractivity contribution in [3.8, 4) is 0 Å². The highest BCUT2D eigenvalue weighted by Crippen LogP contribution is 2.27. The number of nitrogens with one attached hydrogen (secondary N) is 1. The highest BCUT2D eigenvalue weighted by molar-refractivity contribution is 7.10. The van der Waals surface area contributed by atoms with Crippen molar-refractivity contribution in [1.29, 1.82) is 0 Å². The fourth-order valence-corrected chi connectivity index (χ4v) is 4.08. The molecule has 138 valence electrons. The average Bonchev–Trinajstić information content (AvgIpc) is 3.18. The van der Waals surface area contributed by atoms with Crippen LogP contribution >= 0.6 is 34.5 Å². The topological polar surface area (TPSA) is 41.6 Å². The van der Waals surface area contributed by atoms with Crippen molar-refractivity contribution in [2.75, 3.05) is 32.8 Å². The maximum Gasteiger partial charge on any atom is 0.244 e. The number of morpholine rings is 1. The number of benzene rings is 1. The Hall–Kier alpha value is -1.37. The first-order chi connectivity index (χ1) is 12.6. The molecular weight excluding hydrogens is 391 g/mol. The molecule has 26 heavy (non-hydrogen) atoms. The lowest BCUT2D eigenvalue weighted by Crippen LogP contribution is -2.43. The first-order valence-corrected chi connectivity index (χ1v) is 10.0. The molecule has 0 saturated carbocycles. The summed E-state index contributed by atoms with van der Waals surface area (Å²) < 4.78 is 5.44. The molecule has 1 saturated heterocycles. The molecule has 0 radical (unpaired) electrons. The van der Waals surface area contributed by atoms with Crippen LogP contribution in [0.3, 0.4) is 0 Å². The Bertz CT molecular complexity index is 759. The minimum atomic E-state index is -0.157. The molecule has 0 spiro atoms. The second kappa shape index (κ2) is 9.53. The maximum atomic E-state index is 12.3. The minimum Gasteiger partial charge on any atom is -0.379 e. The summed E-state index contributed by atoms with van der Waals surface area (Å²) in [5.41, 5.74) is 0.720. The highest BCUT2D eigenvalue weighted by Gasteiger charge is 2.23. The number of carbonyl (C=O) groups is 1. The Kier molecular flexibility index (Phi) is 7.11. The monoisotopic (exact) mass is 410 g/mol. The van der Waals surface area contributed by atoms with Crippen molar-refractivity contribution in [2.24, 2.45) is 0 Å². The van der Waals surface area contributed by atoms with Gasteiger partial charge >= 0.3 is 0 Å². The number of hydrogen-bond acceptors (Lipinski definition) is 4. The van der Waals surface area contributed by atoms with Crippen molar-refractivity contribution in [1.82, 2.24) is 10.2 Å². The predicted octanol–water partition coefficient (Wildman–Crippen LogP) is 4.26. The van der Waals surface area contributed by atoms with E-state index in [1.807, 2.05) is 12.1 Å². The maximum absolute atomic E-state index is 12.3. The Morgan fingerprint density at radius 1 is 1.27 bits per heavy atom. The zero-order valence-corrected chi connectivity index (χ0v) is 16.5. The lowest BCUT2D eigenvalue weighted by molar-refractivity contribution is -0.116. The summed E-state index contributed by atoms with van der Waals surface area (Å²) in [6, 6.07) is 9.65. The van der Waals surface area contributed by atoms with Crippen LogP contribution in [0.4, 0.5) is 0 Å². The third kappa shape index (κ3) is 5.09. The summed E-state index contributed by atoms with van der Waals surface area (Å²) in [5.74, 6) is -0.157. The van der Waals surface area contributed by atoms with Gasteiger partial charge in [-0.25, -0.2) is 0 Å². The van der Waals surface area contributed by atoms with Crippen LogP contribution in [0.25, 0.3) is 6.08 Å². The summed E-state index contributed by atoms with van der Waals surface area (Å²) in [5, 5.41) is 5.97. The van der Waals surface area contributed by atoms with E-state index in [0.29, 0.717) is 16.6 Å². The quantitative estimate of drug-likeness (QED) is 0.723. The van der Waals surface area contributed by atoms with Crippen molar-refractivity contribution < 1.29 is 9.53 Å². The SMILES string of the molecule is O=C(/C=C/c1cccc(Cl)c1Cl)NCC(c1cccs1)N1CCOCC1. The van der Waals surface area contributed by atoms with Gasteiger partial charge in [-0.3, -0.25) is 9.69 Å². The van der Waals surface area contributed by atoms with Crippen LogP contribution in [0, 0.1) is 0 Å². The van der Waals surface area contributed by atoms with Gasteiger partial charge in [-0.05, 0) is 29.2 Å². The summed E-state index contributed by atoms with van der Waals surface area (Å²) in [4.78, 5) is 15.9. The lowest BCUT2D eigenvalue weighted by atomic mass is 10.2. The molecule has 1 fully saturated rings. The molecule has 1 atom stereocenters. The molecule has 0 aliphatic carbocycles. The Morgan fingerprint density at radius 2 is 2.08 bits per heavy atom. The first kappa shape index (κ1) is 19.4. The van der Waals surface area contributed by atoms with Gasteiger partial charge in [-0.1, -0.05) is 41.4 Å². The van der Waals surface area contributed by atoms with Gasteiger partial charge in [-0.2, -0.15) is 0 Å². The Balaban J connectivity index is 1.62. The number of hydrogen-bond donors (Lipinski definition) is 1. The standard InChI is InChI=1S/C19H20Cl2N2O2S/c20-15-4-1-3-14(19(15)21)6-7-18(24)22-13-16(17-5-2-12-26-17)23-8-10-25-11-9-23/h1-7,12,16H,8-11,13H2,(H,22,24)/b7-6+. The second-order valence-electron chi connectivity index (χ2n) is 5.90. The van der Waals surface area contributed by atoms with E-state index < -0.39 is 0 Å². The third-order valence-electron chi connectivity index (χ3n) is 4.22. The van der Waals surface area contributed by atoms with E-state index in [9.17, 15) is 4.79 Å². The van der Waals surface area contributed by atoms with Crippen LogP contribution in [0.15, 0.2) is 41.8 Å². The number of rotatable bonds is 6. The largest absolute Gasteiger partial charge is 0.379 e. The van der Waals surface area contributed by atoms with Gasteiger partial charge in [0.1, 0.15) is 0 Å². The second-order valence-corrected chi connectivity index (χ2v) is 7.67. The first-order valence-electron chi connectivity index (χ1n) is 8.40. The van der Waals surface area contributed by atoms with Gasteiger partial charge in [0.2, 0.25) is 5.91 Å². The average molecular weight is 411 g/mol. The predicted molar refractivity (Wildman–Crippen MR) is 108 cm³/mol. The van der Waals surface area contributed by atoms with E-state index in [1.54, 1.807) is 29.5 Å². The summed E-state index contributed by atoms with van der Waals surface area (Å²) in [7, 11) is 0. The summed E-state index contributed by atoms with van der Waals surface area (Å²) in [6.07, 6.45) is 3.17. The summed E-state index contributed by atoms with van der Waals surface area (Å²) in [6.45, 7) is 3.73. The minimum absolute atomic E-state index is 0.157. The van der Waals surface area contributed by atoms with E-state index >= 15 is 0 Å². The third-order valence-corrected chi connectivity index (χ3v) is 6.03. The molecule has 1 amide bonds. The zero-order valence-electron chi connectivity index (χ0n) is 14.2. The van der Waals surface area contributed by atoms with Crippen LogP contribution in [0.1, 0.15) is 16.5 Å². The zero-order chi connectivity index (χ0) is 18.4. The molecule has 4 nitrogen and oxygen atoms in total. The van der Waals surface area contributed by atoms with E-state index in [0.717, 1.165) is 31.9 Å². The molecule has 1 aliphatic rings. The van der Waals surface area contributed by atoms with Gasteiger partial charge in [0.25, 0.3) is 0 Å². The molecular formula is C19H20Cl2N2O2S. The number of nitrogens with zero attached hydrogens (tertiary/aromatic N) is 1. The van der Waals surface area contributed by atoms with Crippen LogP contribution in [-0.2, 0) is 9.53 Å². The molecule has 7 heteroatoms. The molecule has 1 unspecified atom stereocenters. The van der Waals surface area contributed by atoms with E-state index in [2.05, 4.69) is 21.7 Å². The molecule has 3 rings (SSSR count). The number of thiophene rings is 1. The fraction of sp³-hybridized carbons (Fsp3) is 0.316. The number of amides is 1. The Morgan fingerprint density at radius 3 is 2.81 bits per heavy atom. The molecule has 2 heterocycles. The van der Waals surface area contributed by atoms with E-state index in [1.165, 1.54) is 11.0 Å². The highest BCUT2D eigenvalue weighted by atomic mass is 35.5. The van der Waals surface area contributed by atoms with E-state index in [-0.39, 0.29) is 11.9 Å². The number of ether oxygens (including phenoxy) is 1. The number of halogens is 2. The molecule has 1 aromatic heterocycles.